The predicted molar refractivity (Wildman–Crippen MR) is 73.3 cm³/mol. The molecule has 0 amide bonds. The summed E-state index contributed by atoms with van der Waals surface area (Å²) in [4.78, 5) is 12.1. The molecule has 102 valence electrons. The van der Waals surface area contributed by atoms with E-state index in [0.29, 0.717) is 4.88 Å². The van der Waals surface area contributed by atoms with Gasteiger partial charge in [-0.1, -0.05) is 13.3 Å². The lowest BCUT2D eigenvalue weighted by Crippen LogP contribution is -2.15. The third-order valence-corrected chi connectivity index (χ3v) is 3.53. The Hall–Kier alpha value is -0.910. The molecule has 1 heterocycles. The SMILES string of the molecule is CCCCOCCCNCc1ccc(C(=O)O)s1. The van der Waals surface area contributed by atoms with Crippen molar-refractivity contribution in [1.82, 2.24) is 5.32 Å². The standard InChI is InChI=1S/C13H21NO3S/c1-2-3-8-17-9-4-7-14-10-11-5-6-12(18-11)13(15)16/h5-6,14H,2-4,7-10H2,1H3,(H,15,16). The van der Waals surface area contributed by atoms with Gasteiger partial charge in [-0.3, -0.25) is 0 Å². The molecule has 0 aliphatic rings. The van der Waals surface area contributed by atoms with Crippen LogP contribution >= 0.6 is 11.3 Å². The molecular weight excluding hydrogens is 250 g/mol. The van der Waals surface area contributed by atoms with E-state index in [0.717, 1.165) is 44.0 Å². The van der Waals surface area contributed by atoms with Gasteiger partial charge in [-0.05, 0) is 31.5 Å². The molecule has 1 aromatic heterocycles. The van der Waals surface area contributed by atoms with Crippen LogP contribution in [0, 0.1) is 0 Å². The van der Waals surface area contributed by atoms with Crippen LogP contribution in [0.1, 0.15) is 40.7 Å². The van der Waals surface area contributed by atoms with E-state index in [-0.39, 0.29) is 0 Å². The fourth-order valence-corrected chi connectivity index (χ4v) is 2.26. The summed E-state index contributed by atoms with van der Waals surface area (Å²) in [6.45, 7) is 5.41. The normalized spacial score (nSPS) is 10.7. The van der Waals surface area contributed by atoms with Gasteiger partial charge in [0.15, 0.2) is 0 Å². The highest BCUT2D eigenvalue weighted by atomic mass is 32.1. The fourth-order valence-electron chi connectivity index (χ4n) is 1.45. The van der Waals surface area contributed by atoms with E-state index in [1.807, 2.05) is 6.07 Å². The first-order chi connectivity index (χ1) is 8.74. The number of carboxylic acid groups (broad SMARTS) is 1. The maximum atomic E-state index is 10.7. The Morgan fingerprint density at radius 1 is 1.39 bits per heavy atom. The third kappa shape index (κ3) is 6.14. The maximum Gasteiger partial charge on any atom is 0.345 e. The summed E-state index contributed by atoms with van der Waals surface area (Å²) in [6.07, 6.45) is 3.28. The van der Waals surface area contributed by atoms with Crippen LogP contribution in [0.3, 0.4) is 0 Å². The second kappa shape index (κ2) is 9.08. The molecule has 0 bridgehead atoms. The van der Waals surface area contributed by atoms with E-state index in [1.165, 1.54) is 17.8 Å². The van der Waals surface area contributed by atoms with Crippen molar-refractivity contribution >= 4 is 17.3 Å². The third-order valence-electron chi connectivity index (χ3n) is 2.46. The molecule has 0 spiro atoms. The second-order valence-corrected chi connectivity index (χ2v) is 5.24. The van der Waals surface area contributed by atoms with Crippen LogP contribution in [-0.2, 0) is 11.3 Å². The van der Waals surface area contributed by atoms with E-state index in [4.69, 9.17) is 9.84 Å². The van der Waals surface area contributed by atoms with E-state index < -0.39 is 5.97 Å². The van der Waals surface area contributed by atoms with E-state index in [1.54, 1.807) is 6.07 Å². The van der Waals surface area contributed by atoms with Crippen LogP contribution in [-0.4, -0.2) is 30.8 Å². The minimum absolute atomic E-state index is 0.398. The summed E-state index contributed by atoms with van der Waals surface area (Å²) in [5, 5.41) is 12.1. The topological polar surface area (TPSA) is 58.6 Å². The molecule has 0 saturated carbocycles. The highest BCUT2D eigenvalue weighted by Crippen LogP contribution is 2.15. The summed E-state index contributed by atoms with van der Waals surface area (Å²) < 4.78 is 5.45. The van der Waals surface area contributed by atoms with Gasteiger partial charge >= 0.3 is 5.97 Å². The Balaban J connectivity index is 2.02. The molecule has 1 aromatic rings. The number of carboxylic acids is 1. The van der Waals surface area contributed by atoms with Gasteiger partial charge in [-0.2, -0.15) is 0 Å². The van der Waals surface area contributed by atoms with Crippen molar-refractivity contribution in [2.45, 2.75) is 32.7 Å². The van der Waals surface area contributed by atoms with Gasteiger partial charge in [0, 0.05) is 24.6 Å². The fraction of sp³-hybridized carbons (Fsp3) is 0.615. The second-order valence-electron chi connectivity index (χ2n) is 4.07. The molecule has 0 fully saturated rings. The van der Waals surface area contributed by atoms with Crippen LogP contribution in [0.5, 0.6) is 0 Å². The Morgan fingerprint density at radius 2 is 2.17 bits per heavy atom. The molecule has 4 nitrogen and oxygen atoms in total. The molecule has 0 aliphatic heterocycles. The first kappa shape index (κ1) is 15.1. The van der Waals surface area contributed by atoms with Gasteiger partial charge in [-0.25, -0.2) is 4.79 Å². The average molecular weight is 271 g/mol. The Bertz CT molecular complexity index is 352. The van der Waals surface area contributed by atoms with E-state index >= 15 is 0 Å². The lowest BCUT2D eigenvalue weighted by atomic mass is 10.3. The minimum atomic E-state index is -0.851. The van der Waals surface area contributed by atoms with Gasteiger partial charge in [0.1, 0.15) is 4.88 Å². The quantitative estimate of drug-likeness (QED) is 0.642. The molecule has 2 N–H and O–H groups in total. The number of rotatable bonds is 10. The van der Waals surface area contributed by atoms with Crippen molar-refractivity contribution in [2.75, 3.05) is 19.8 Å². The smallest absolute Gasteiger partial charge is 0.345 e. The van der Waals surface area contributed by atoms with Gasteiger partial charge in [0.25, 0.3) is 0 Å². The van der Waals surface area contributed by atoms with Crippen LogP contribution in [0.2, 0.25) is 0 Å². The minimum Gasteiger partial charge on any atom is -0.477 e. The first-order valence-corrected chi connectivity index (χ1v) is 7.16. The van der Waals surface area contributed by atoms with Crippen molar-refractivity contribution < 1.29 is 14.6 Å². The zero-order valence-electron chi connectivity index (χ0n) is 10.8. The number of carbonyl (C=O) groups is 1. The van der Waals surface area contributed by atoms with Crippen molar-refractivity contribution in [3.05, 3.63) is 21.9 Å². The summed E-state index contributed by atoms with van der Waals surface area (Å²) in [5.74, 6) is -0.851. The molecule has 5 heteroatoms. The Labute approximate surface area is 112 Å². The summed E-state index contributed by atoms with van der Waals surface area (Å²) >= 11 is 1.32. The van der Waals surface area contributed by atoms with E-state index in [2.05, 4.69) is 12.2 Å². The number of unbranched alkanes of at least 4 members (excludes halogenated alkanes) is 1. The summed E-state index contributed by atoms with van der Waals surface area (Å²) in [5.41, 5.74) is 0. The lowest BCUT2D eigenvalue weighted by Gasteiger charge is -2.04. The maximum absolute atomic E-state index is 10.7. The number of thiophene rings is 1. The zero-order chi connectivity index (χ0) is 13.2. The molecule has 18 heavy (non-hydrogen) atoms. The van der Waals surface area contributed by atoms with Gasteiger partial charge < -0.3 is 15.2 Å². The largest absolute Gasteiger partial charge is 0.477 e. The van der Waals surface area contributed by atoms with Crippen molar-refractivity contribution in [1.29, 1.82) is 0 Å². The van der Waals surface area contributed by atoms with Crippen LogP contribution in [0.15, 0.2) is 12.1 Å². The highest BCUT2D eigenvalue weighted by molar-refractivity contribution is 7.13. The highest BCUT2D eigenvalue weighted by Gasteiger charge is 2.05. The number of hydrogen-bond donors (Lipinski definition) is 2. The molecule has 0 atom stereocenters. The van der Waals surface area contributed by atoms with Gasteiger partial charge in [0.05, 0.1) is 0 Å². The number of ether oxygens (including phenoxy) is 1. The lowest BCUT2D eigenvalue weighted by molar-refractivity contribution is 0.0702. The zero-order valence-corrected chi connectivity index (χ0v) is 11.6. The van der Waals surface area contributed by atoms with Gasteiger partial charge in [-0.15, -0.1) is 11.3 Å². The van der Waals surface area contributed by atoms with Crippen LogP contribution in [0.25, 0.3) is 0 Å². The molecule has 0 unspecified atom stereocenters. The number of nitrogens with one attached hydrogen (secondary N) is 1. The summed E-state index contributed by atoms with van der Waals surface area (Å²) in [7, 11) is 0. The Morgan fingerprint density at radius 3 is 2.83 bits per heavy atom. The van der Waals surface area contributed by atoms with Crippen molar-refractivity contribution in [2.24, 2.45) is 0 Å². The molecule has 0 aliphatic carbocycles. The molecule has 1 rings (SSSR count). The average Bonchev–Trinajstić information content (AvgIpc) is 2.81. The van der Waals surface area contributed by atoms with Crippen molar-refractivity contribution in [3.8, 4) is 0 Å². The van der Waals surface area contributed by atoms with Gasteiger partial charge in [0.2, 0.25) is 0 Å². The van der Waals surface area contributed by atoms with Crippen LogP contribution < -0.4 is 5.32 Å². The van der Waals surface area contributed by atoms with Crippen molar-refractivity contribution in [3.63, 3.8) is 0 Å². The number of hydrogen-bond acceptors (Lipinski definition) is 4. The monoisotopic (exact) mass is 271 g/mol. The molecule has 0 saturated heterocycles. The number of aromatic carboxylic acids is 1. The molecule has 0 radical (unpaired) electrons. The van der Waals surface area contributed by atoms with E-state index in [9.17, 15) is 4.79 Å². The predicted octanol–water partition coefficient (Wildman–Crippen LogP) is 2.74. The van der Waals surface area contributed by atoms with Crippen LogP contribution in [0.4, 0.5) is 0 Å². The first-order valence-electron chi connectivity index (χ1n) is 6.34. The molecule has 0 aromatic carbocycles. The Kier molecular flexibility index (Phi) is 7.64. The molecular formula is C13H21NO3S. The summed E-state index contributed by atoms with van der Waals surface area (Å²) in [6, 6.07) is 3.51.